The van der Waals surface area contributed by atoms with E-state index in [0.29, 0.717) is 0 Å². The first-order valence-corrected chi connectivity index (χ1v) is 3.91. The molecule has 0 saturated carbocycles. The number of rotatable bonds is 3. The van der Waals surface area contributed by atoms with Gasteiger partial charge in [-0.15, -0.1) is 5.10 Å². The molecule has 1 unspecified atom stereocenters. The lowest BCUT2D eigenvalue weighted by Crippen LogP contribution is -2.40. The van der Waals surface area contributed by atoms with Gasteiger partial charge in [0, 0.05) is 0 Å². The molecule has 0 spiro atoms. The van der Waals surface area contributed by atoms with Crippen molar-refractivity contribution < 1.29 is 4.79 Å². The van der Waals surface area contributed by atoms with Gasteiger partial charge in [0.2, 0.25) is 5.91 Å². The Morgan fingerprint density at radius 2 is 2.31 bits per heavy atom. The van der Waals surface area contributed by atoms with E-state index in [1.165, 1.54) is 0 Å². The lowest BCUT2D eigenvalue weighted by atomic mass is 10.1. The number of H-pyrrole nitrogens is 1. The molecule has 0 aliphatic rings. The molecule has 7 nitrogen and oxygen atoms in total. The fraction of sp³-hybridized carbons (Fsp3) is 0.667. The standard InChI is InChI=1S/C6H12N6O/c1-3(2)4(7)5(13)8-6-9-11-12-10-6/h3-4H,7H2,1-2H3,(H2,8,9,10,11,12,13). The molecule has 1 aromatic heterocycles. The summed E-state index contributed by atoms with van der Waals surface area (Å²) in [5.41, 5.74) is 5.58. The fourth-order valence-electron chi connectivity index (χ4n) is 0.711. The van der Waals surface area contributed by atoms with Crippen LogP contribution in [0.15, 0.2) is 0 Å². The monoisotopic (exact) mass is 184 g/mol. The topological polar surface area (TPSA) is 110 Å². The molecule has 1 rings (SSSR count). The number of nitrogens with two attached hydrogens (primary N) is 1. The van der Waals surface area contributed by atoms with E-state index in [9.17, 15) is 4.79 Å². The number of anilines is 1. The average Bonchev–Trinajstić information content (AvgIpc) is 2.55. The zero-order valence-corrected chi connectivity index (χ0v) is 7.48. The van der Waals surface area contributed by atoms with Gasteiger partial charge in [0.15, 0.2) is 0 Å². The summed E-state index contributed by atoms with van der Waals surface area (Å²) in [6.45, 7) is 3.72. The second-order valence-electron chi connectivity index (χ2n) is 2.99. The molecule has 1 aromatic rings. The van der Waals surface area contributed by atoms with Gasteiger partial charge in [-0.25, -0.2) is 0 Å². The zero-order valence-electron chi connectivity index (χ0n) is 7.48. The number of hydrogen-bond donors (Lipinski definition) is 3. The highest BCUT2D eigenvalue weighted by atomic mass is 16.2. The smallest absolute Gasteiger partial charge is 0.269 e. The number of carbonyl (C=O) groups excluding carboxylic acids is 1. The number of tetrazole rings is 1. The molecule has 72 valence electrons. The first kappa shape index (κ1) is 9.59. The van der Waals surface area contributed by atoms with Gasteiger partial charge in [-0.1, -0.05) is 18.9 Å². The van der Waals surface area contributed by atoms with Crippen molar-refractivity contribution in [3.63, 3.8) is 0 Å². The quantitative estimate of drug-likeness (QED) is 0.565. The Kier molecular flexibility index (Phi) is 2.91. The van der Waals surface area contributed by atoms with Crippen molar-refractivity contribution in [3.05, 3.63) is 0 Å². The van der Waals surface area contributed by atoms with Crippen molar-refractivity contribution in [1.29, 1.82) is 0 Å². The van der Waals surface area contributed by atoms with E-state index in [-0.39, 0.29) is 17.8 Å². The highest BCUT2D eigenvalue weighted by Crippen LogP contribution is 2.00. The van der Waals surface area contributed by atoms with Crippen LogP contribution in [0.1, 0.15) is 13.8 Å². The zero-order chi connectivity index (χ0) is 9.84. The summed E-state index contributed by atoms with van der Waals surface area (Å²) in [5, 5.41) is 15.1. The van der Waals surface area contributed by atoms with Gasteiger partial charge in [-0.3, -0.25) is 10.1 Å². The van der Waals surface area contributed by atoms with Crippen molar-refractivity contribution >= 4 is 11.9 Å². The van der Waals surface area contributed by atoms with Crippen molar-refractivity contribution in [1.82, 2.24) is 20.6 Å². The summed E-state index contributed by atoms with van der Waals surface area (Å²) in [6, 6.07) is -0.557. The van der Waals surface area contributed by atoms with Crippen LogP contribution in [0.25, 0.3) is 0 Å². The molecule has 0 fully saturated rings. The van der Waals surface area contributed by atoms with Crippen LogP contribution in [0.3, 0.4) is 0 Å². The Balaban J connectivity index is 2.51. The number of nitrogens with one attached hydrogen (secondary N) is 2. The van der Waals surface area contributed by atoms with Gasteiger partial charge in [0.05, 0.1) is 6.04 Å². The summed E-state index contributed by atoms with van der Waals surface area (Å²) in [6.07, 6.45) is 0. The van der Waals surface area contributed by atoms with Crippen LogP contribution in [-0.2, 0) is 4.79 Å². The molecule has 0 radical (unpaired) electrons. The summed E-state index contributed by atoms with van der Waals surface area (Å²) in [7, 11) is 0. The largest absolute Gasteiger partial charge is 0.320 e. The normalized spacial score (nSPS) is 12.9. The minimum absolute atomic E-state index is 0.0758. The van der Waals surface area contributed by atoms with E-state index in [1.54, 1.807) is 0 Å². The molecule has 0 bridgehead atoms. The number of nitrogens with zero attached hydrogens (tertiary/aromatic N) is 3. The first-order valence-electron chi connectivity index (χ1n) is 3.91. The van der Waals surface area contributed by atoms with E-state index in [1.807, 2.05) is 13.8 Å². The molecular formula is C6H12N6O. The van der Waals surface area contributed by atoms with E-state index < -0.39 is 6.04 Å². The van der Waals surface area contributed by atoms with Gasteiger partial charge < -0.3 is 5.73 Å². The second kappa shape index (κ2) is 3.94. The fourth-order valence-corrected chi connectivity index (χ4v) is 0.711. The number of amides is 1. The molecular weight excluding hydrogens is 172 g/mol. The highest BCUT2D eigenvalue weighted by Gasteiger charge is 2.18. The Labute approximate surface area is 75.1 Å². The molecule has 0 aliphatic carbocycles. The maximum atomic E-state index is 11.3. The lowest BCUT2D eigenvalue weighted by Gasteiger charge is -2.12. The molecule has 0 aromatic carbocycles. The molecule has 1 amide bonds. The van der Waals surface area contributed by atoms with Crippen LogP contribution in [0.5, 0.6) is 0 Å². The van der Waals surface area contributed by atoms with Crippen LogP contribution in [0.4, 0.5) is 5.95 Å². The number of aromatic nitrogens is 4. The Morgan fingerprint density at radius 1 is 1.62 bits per heavy atom. The van der Waals surface area contributed by atoms with Gasteiger partial charge >= 0.3 is 0 Å². The maximum Gasteiger partial charge on any atom is 0.269 e. The van der Waals surface area contributed by atoms with Crippen LogP contribution < -0.4 is 11.1 Å². The van der Waals surface area contributed by atoms with E-state index in [4.69, 9.17) is 5.73 Å². The van der Waals surface area contributed by atoms with E-state index >= 15 is 0 Å². The van der Waals surface area contributed by atoms with Gasteiger partial charge in [-0.05, 0) is 11.1 Å². The number of carbonyl (C=O) groups is 1. The van der Waals surface area contributed by atoms with Crippen molar-refractivity contribution in [3.8, 4) is 0 Å². The molecule has 1 heterocycles. The minimum Gasteiger partial charge on any atom is -0.320 e. The van der Waals surface area contributed by atoms with E-state index in [2.05, 4.69) is 25.9 Å². The second-order valence-corrected chi connectivity index (χ2v) is 2.99. The van der Waals surface area contributed by atoms with Crippen LogP contribution in [-0.4, -0.2) is 32.6 Å². The third-order valence-corrected chi connectivity index (χ3v) is 1.60. The van der Waals surface area contributed by atoms with E-state index in [0.717, 1.165) is 0 Å². The molecule has 0 aliphatic heterocycles. The van der Waals surface area contributed by atoms with Crippen LogP contribution in [0.2, 0.25) is 0 Å². The predicted molar refractivity (Wildman–Crippen MR) is 45.6 cm³/mol. The third-order valence-electron chi connectivity index (χ3n) is 1.60. The summed E-state index contributed by atoms with van der Waals surface area (Å²) in [4.78, 5) is 11.3. The number of aromatic amines is 1. The van der Waals surface area contributed by atoms with Crippen LogP contribution >= 0.6 is 0 Å². The Bertz CT molecular complexity index is 269. The molecule has 13 heavy (non-hydrogen) atoms. The third kappa shape index (κ3) is 2.48. The van der Waals surface area contributed by atoms with Crippen molar-refractivity contribution in [2.45, 2.75) is 19.9 Å². The first-order chi connectivity index (χ1) is 6.11. The lowest BCUT2D eigenvalue weighted by molar-refractivity contribution is -0.118. The summed E-state index contributed by atoms with van der Waals surface area (Å²) >= 11 is 0. The van der Waals surface area contributed by atoms with Gasteiger partial charge in [-0.2, -0.15) is 5.21 Å². The Morgan fingerprint density at radius 3 is 2.77 bits per heavy atom. The Hall–Kier alpha value is -1.50. The number of hydrogen-bond acceptors (Lipinski definition) is 5. The van der Waals surface area contributed by atoms with Crippen molar-refractivity contribution in [2.24, 2.45) is 11.7 Å². The predicted octanol–water partition coefficient (Wildman–Crippen LogP) is -0.878. The molecule has 7 heteroatoms. The highest BCUT2D eigenvalue weighted by molar-refractivity contribution is 5.93. The summed E-state index contributed by atoms with van der Waals surface area (Å²) in [5.74, 6) is -0.0931. The van der Waals surface area contributed by atoms with Gasteiger partial charge in [0.25, 0.3) is 5.95 Å². The van der Waals surface area contributed by atoms with Crippen molar-refractivity contribution in [2.75, 3.05) is 5.32 Å². The SMILES string of the molecule is CC(C)C(N)C(=O)Nc1nn[nH]n1. The van der Waals surface area contributed by atoms with Crippen LogP contribution in [0, 0.1) is 5.92 Å². The maximum absolute atomic E-state index is 11.3. The van der Waals surface area contributed by atoms with Gasteiger partial charge in [0.1, 0.15) is 0 Å². The molecule has 4 N–H and O–H groups in total. The molecule has 0 saturated heterocycles. The minimum atomic E-state index is -0.557. The summed E-state index contributed by atoms with van der Waals surface area (Å²) < 4.78 is 0. The molecule has 1 atom stereocenters. The average molecular weight is 184 g/mol.